The average molecular weight is 340 g/mol. The quantitative estimate of drug-likeness (QED) is 0.778. The molecule has 130 valence electrons. The second-order valence-corrected chi connectivity index (χ2v) is 6.45. The molecule has 1 amide bonds. The Kier molecular flexibility index (Phi) is 3.87. The van der Waals surface area contributed by atoms with Crippen LogP contribution in [0.1, 0.15) is 36.7 Å². The lowest BCUT2D eigenvalue weighted by Crippen LogP contribution is -2.41. The third-order valence-electron chi connectivity index (χ3n) is 4.62. The fourth-order valence-corrected chi connectivity index (χ4v) is 3.46. The first kappa shape index (κ1) is 15.6. The Morgan fingerprint density at radius 1 is 1.36 bits per heavy atom. The van der Waals surface area contributed by atoms with Gasteiger partial charge in [-0.15, -0.1) is 0 Å². The number of carbonyl (C=O) groups is 1. The maximum Gasteiger partial charge on any atom is 0.272 e. The van der Waals surface area contributed by atoms with E-state index in [1.54, 1.807) is 23.1 Å². The van der Waals surface area contributed by atoms with Crippen molar-refractivity contribution in [3.05, 3.63) is 52.3 Å². The smallest absolute Gasteiger partial charge is 0.272 e. The summed E-state index contributed by atoms with van der Waals surface area (Å²) in [6, 6.07) is 5.01. The molecule has 25 heavy (non-hydrogen) atoms. The highest BCUT2D eigenvalue weighted by Gasteiger charge is 2.29. The molecule has 0 saturated carbocycles. The van der Waals surface area contributed by atoms with Crippen molar-refractivity contribution < 1.29 is 4.79 Å². The molecule has 0 radical (unpaired) electrons. The van der Waals surface area contributed by atoms with E-state index >= 15 is 0 Å². The molecule has 8 nitrogen and oxygen atoms in total. The number of piperidine rings is 1. The number of nitrogens with one attached hydrogen (secondary N) is 1. The van der Waals surface area contributed by atoms with E-state index in [2.05, 4.69) is 15.2 Å². The summed E-state index contributed by atoms with van der Waals surface area (Å²) in [6.07, 6.45) is 6.23. The van der Waals surface area contributed by atoms with Crippen LogP contribution < -0.4 is 5.56 Å². The molecule has 1 aliphatic rings. The zero-order valence-electron chi connectivity index (χ0n) is 14.1. The van der Waals surface area contributed by atoms with Gasteiger partial charge in [0.1, 0.15) is 6.54 Å². The van der Waals surface area contributed by atoms with Gasteiger partial charge in [0.15, 0.2) is 5.65 Å². The molecule has 0 spiro atoms. The molecule has 4 heterocycles. The van der Waals surface area contributed by atoms with Crippen LogP contribution in [0.25, 0.3) is 5.65 Å². The second kappa shape index (κ2) is 6.19. The summed E-state index contributed by atoms with van der Waals surface area (Å²) in [4.78, 5) is 31.6. The van der Waals surface area contributed by atoms with E-state index in [0.717, 1.165) is 25.0 Å². The zero-order valence-corrected chi connectivity index (χ0v) is 14.1. The summed E-state index contributed by atoms with van der Waals surface area (Å²) in [6.45, 7) is 2.76. The molecular weight excluding hydrogens is 320 g/mol. The summed E-state index contributed by atoms with van der Waals surface area (Å²) in [5, 5.41) is 7.07. The van der Waals surface area contributed by atoms with Gasteiger partial charge in [0.05, 0.1) is 11.7 Å². The lowest BCUT2D eigenvalue weighted by Gasteiger charge is -2.35. The topological polar surface area (TPSA) is 88.3 Å². The minimum Gasteiger partial charge on any atom is -0.332 e. The van der Waals surface area contributed by atoms with Crippen molar-refractivity contribution in [3.8, 4) is 0 Å². The monoisotopic (exact) mass is 340 g/mol. The van der Waals surface area contributed by atoms with Gasteiger partial charge in [-0.25, -0.2) is 9.50 Å². The van der Waals surface area contributed by atoms with Gasteiger partial charge in [-0.05, 0) is 32.3 Å². The average Bonchev–Trinajstić information content (AvgIpc) is 3.23. The molecule has 1 fully saturated rings. The van der Waals surface area contributed by atoms with Gasteiger partial charge in [-0.1, -0.05) is 0 Å². The Morgan fingerprint density at radius 2 is 2.24 bits per heavy atom. The number of rotatable bonds is 3. The van der Waals surface area contributed by atoms with Gasteiger partial charge in [-0.3, -0.25) is 19.4 Å². The predicted octanol–water partition coefficient (Wildman–Crippen LogP) is 1.28. The molecule has 1 atom stereocenters. The van der Waals surface area contributed by atoms with Crippen LogP contribution in [0.2, 0.25) is 0 Å². The molecule has 1 N–H and O–H groups in total. The SMILES string of the molecule is Cc1cc2nc(C3CCCCN3C(=O)Cn3cccn3)cc(=O)n2[nH]1. The predicted molar refractivity (Wildman–Crippen MR) is 91.1 cm³/mol. The van der Waals surface area contributed by atoms with Crippen LogP contribution in [-0.4, -0.2) is 41.7 Å². The summed E-state index contributed by atoms with van der Waals surface area (Å²) < 4.78 is 3.05. The van der Waals surface area contributed by atoms with E-state index in [9.17, 15) is 9.59 Å². The molecule has 0 bridgehead atoms. The van der Waals surface area contributed by atoms with Crippen LogP contribution in [0.15, 0.2) is 35.4 Å². The normalized spacial score (nSPS) is 18.0. The Morgan fingerprint density at radius 3 is 3.04 bits per heavy atom. The van der Waals surface area contributed by atoms with E-state index in [0.29, 0.717) is 17.9 Å². The fourth-order valence-electron chi connectivity index (χ4n) is 3.46. The van der Waals surface area contributed by atoms with E-state index < -0.39 is 0 Å². The Balaban J connectivity index is 1.66. The number of fused-ring (bicyclic) bond motifs is 1. The first-order chi connectivity index (χ1) is 12.1. The van der Waals surface area contributed by atoms with Gasteiger partial charge in [-0.2, -0.15) is 5.10 Å². The molecule has 3 aromatic rings. The van der Waals surface area contributed by atoms with Crippen molar-refractivity contribution in [1.29, 1.82) is 0 Å². The molecular formula is C17H20N6O2. The third-order valence-corrected chi connectivity index (χ3v) is 4.62. The van der Waals surface area contributed by atoms with Gasteiger partial charge in [0.2, 0.25) is 5.91 Å². The van der Waals surface area contributed by atoms with Crippen molar-refractivity contribution in [1.82, 2.24) is 29.3 Å². The second-order valence-electron chi connectivity index (χ2n) is 6.45. The van der Waals surface area contributed by atoms with E-state index in [1.165, 1.54) is 10.6 Å². The van der Waals surface area contributed by atoms with Gasteiger partial charge in [0, 0.05) is 36.8 Å². The van der Waals surface area contributed by atoms with E-state index in [-0.39, 0.29) is 24.1 Å². The lowest BCUT2D eigenvalue weighted by atomic mass is 9.99. The highest BCUT2D eigenvalue weighted by atomic mass is 16.2. The first-order valence-corrected chi connectivity index (χ1v) is 8.48. The number of aromatic nitrogens is 5. The van der Waals surface area contributed by atoms with Crippen LogP contribution >= 0.6 is 0 Å². The fraction of sp³-hybridized carbons (Fsp3) is 0.412. The van der Waals surface area contributed by atoms with Crippen LogP contribution in [0, 0.1) is 6.92 Å². The van der Waals surface area contributed by atoms with Gasteiger partial charge in [0.25, 0.3) is 5.56 Å². The highest BCUT2D eigenvalue weighted by Crippen LogP contribution is 2.29. The maximum atomic E-state index is 12.7. The molecule has 8 heteroatoms. The minimum atomic E-state index is -0.162. The number of amides is 1. The number of aryl methyl sites for hydroxylation is 1. The molecule has 3 aromatic heterocycles. The largest absolute Gasteiger partial charge is 0.332 e. The maximum absolute atomic E-state index is 12.7. The van der Waals surface area contributed by atoms with Crippen molar-refractivity contribution in [2.75, 3.05) is 6.54 Å². The van der Waals surface area contributed by atoms with E-state index in [1.807, 2.05) is 17.9 Å². The Labute approximate surface area is 144 Å². The summed E-state index contributed by atoms with van der Waals surface area (Å²) >= 11 is 0. The number of hydrogen-bond acceptors (Lipinski definition) is 4. The van der Waals surface area contributed by atoms with Crippen LogP contribution in [0.5, 0.6) is 0 Å². The molecule has 0 aliphatic carbocycles. The number of nitrogens with zero attached hydrogens (tertiary/aromatic N) is 5. The molecule has 1 saturated heterocycles. The van der Waals surface area contributed by atoms with Crippen LogP contribution in [0.3, 0.4) is 0 Å². The molecule has 0 aromatic carbocycles. The zero-order chi connectivity index (χ0) is 17.4. The van der Waals surface area contributed by atoms with Crippen molar-refractivity contribution in [3.63, 3.8) is 0 Å². The standard InChI is InChI=1S/C17H20N6O2/c1-12-9-15-19-13(10-16(24)23(15)20-12)14-5-2-3-8-22(14)17(25)11-21-7-4-6-18-21/h4,6-7,9-10,14,20H,2-3,5,8,11H2,1H3. The summed E-state index contributed by atoms with van der Waals surface area (Å²) in [7, 11) is 0. The Hall–Kier alpha value is -2.90. The van der Waals surface area contributed by atoms with Gasteiger partial charge < -0.3 is 4.90 Å². The van der Waals surface area contributed by atoms with Crippen molar-refractivity contribution >= 4 is 11.6 Å². The van der Waals surface area contributed by atoms with Gasteiger partial charge >= 0.3 is 0 Å². The number of aromatic amines is 1. The Bertz CT molecular complexity index is 955. The first-order valence-electron chi connectivity index (χ1n) is 8.48. The highest BCUT2D eigenvalue weighted by molar-refractivity contribution is 5.76. The van der Waals surface area contributed by atoms with E-state index in [4.69, 9.17) is 0 Å². The number of carbonyl (C=O) groups excluding carboxylic acids is 1. The third kappa shape index (κ3) is 2.95. The van der Waals surface area contributed by atoms with Crippen LogP contribution in [-0.2, 0) is 11.3 Å². The minimum absolute atomic E-state index is 0.000600. The molecule has 1 aliphatic heterocycles. The van der Waals surface area contributed by atoms with Crippen molar-refractivity contribution in [2.24, 2.45) is 0 Å². The van der Waals surface area contributed by atoms with Crippen molar-refractivity contribution in [2.45, 2.75) is 38.8 Å². The van der Waals surface area contributed by atoms with Crippen LogP contribution in [0.4, 0.5) is 0 Å². The molecule has 4 rings (SSSR count). The summed E-state index contributed by atoms with van der Waals surface area (Å²) in [5.74, 6) is 0.000600. The number of likely N-dealkylation sites (tertiary alicyclic amines) is 1. The lowest BCUT2D eigenvalue weighted by molar-refractivity contribution is -0.136. The number of H-pyrrole nitrogens is 1. The summed E-state index contributed by atoms with van der Waals surface area (Å²) in [5.41, 5.74) is 1.97. The molecule has 1 unspecified atom stereocenters. The number of hydrogen-bond donors (Lipinski definition) is 1.